The Kier molecular flexibility index (Phi) is 3.54. The molecular weight excluding hydrogens is 212 g/mol. The van der Waals surface area contributed by atoms with Gasteiger partial charge in [-0.05, 0) is 37.6 Å². The third-order valence-corrected chi connectivity index (χ3v) is 2.98. The first-order chi connectivity index (χ1) is 8.24. The second-order valence-corrected chi connectivity index (χ2v) is 4.14. The van der Waals surface area contributed by atoms with E-state index >= 15 is 0 Å². The van der Waals surface area contributed by atoms with Crippen LogP contribution in [0.15, 0.2) is 24.4 Å². The SMILES string of the molecule is CCNCc1cnnn1-c1cccc(C)c1C. The van der Waals surface area contributed by atoms with Crippen molar-refractivity contribution in [3.8, 4) is 5.69 Å². The molecule has 1 aromatic carbocycles. The average Bonchev–Trinajstić information content (AvgIpc) is 2.78. The molecular formula is C13H18N4. The Morgan fingerprint density at radius 3 is 2.88 bits per heavy atom. The number of aromatic nitrogens is 3. The van der Waals surface area contributed by atoms with Crippen LogP contribution in [0.4, 0.5) is 0 Å². The minimum atomic E-state index is 0.789. The molecule has 0 spiro atoms. The Morgan fingerprint density at radius 1 is 1.29 bits per heavy atom. The predicted octanol–water partition coefficient (Wildman–Crippen LogP) is 1.99. The van der Waals surface area contributed by atoms with Gasteiger partial charge in [-0.3, -0.25) is 0 Å². The first-order valence-electron chi connectivity index (χ1n) is 5.91. The van der Waals surface area contributed by atoms with E-state index in [1.165, 1.54) is 11.1 Å². The smallest absolute Gasteiger partial charge is 0.0783 e. The Bertz CT molecular complexity index is 502. The van der Waals surface area contributed by atoms with Crippen LogP contribution in [0.3, 0.4) is 0 Å². The second kappa shape index (κ2) is 5.10. The molecule has 0 amide bonds. The fourth-order valence-electron chi connectivity index (χ4n) is 1.80. The maximum absolute atomic E-state index is 4.17. The van der Waals surface area contributed by atoms with E-state index in [9.17, 15) is 0 Å². The van der Waals surface area contributed by atoms with Gasteiger partial charge in [-0.1, -0.05) is 24.3 Å². The predicted molar refractivity (Wildman–Crippen MR) is 68.2 cm³/mol. The van der Waals surface area contributed by atoms with Gasteiger partial charge in [0.15, 0.2) is 0 Å². The number of nitrogens with zero attached hydrogens (tertiary/aromatic N) is 3. The summed E-state index contributed by atoms with van der Waals surface area (Å²) in [5, 5.41) is 11.5. The zero-order valence-corrected chi connectivity index (χ0v) is 10.6. The van der Waals surface area contributed by atoms with Crippen LogP contribution in [0.5, 0.6) is 0 Å². The summed E-state index contributed by atoms with van der Waals surface area (Å²) in [6.07, 6.45) is 1.81. The number of aryl methyl sites for hydroxylation is 1. The Hall–Kier alpha value is -1.68. The molecule has 1 N–H and O–H groups in total. The fourth-order valence-corrected chi connectivity index (χ4v) is 1.80. The van der Waals surface area contributed by atoms with Crippen molar-refractivity contribution >= 4 is 0 Å². The molecule has 0 bridgehead atoms. The first-order valence-corrected chi connectivity index (χ1v) is 5.91. The van der Waals surface area contributed by atoms with Crippen LogP contribution in [0.25, 0.3) is 5.69 Å². The maximum Gasteiger partial charge on any atom is 0.0783 e. The normalized spacial score (nSPS) is 10.8. The van der Waals surface area contributed by atoms with Crippen molar-refractivity contribution in [1.29, 1.82) is 0 Å². The quantitative estimate of drug-likeness (QED) is 0.873. The molecule has 0 aliphatic rings. The standard InChI is InChI=1S/C13H18N4/c1-4-14-8-12-9-15-16-17(12)13-7-5-6-10(2)11(13)3/h5-7,9,14H,4,8H2,1-3H3. The summed E-state index contributed by atoms with van der Waals surface area (Å²) in [6, 6.07) is 6.24. The lowest BCUT2D eigenvalue weighted by atomic mass is 10.1. The van der Waals surface area contributed by atoms with Crippen LogP contribution in [0.1, 0.15) is 23.7 Å². The molecule has 4 heteroatoms. The Labute approximate surface area is 102 Å². The molecule has 0 aliphatic carbocycles. The van der Waals surface area contributed by atoms with Crippen molar-refractivity contribution in [3.05, 3.63) is 41.2 Å². The van der Waals surface area contributed by atoms with E-state index in [1.807, 2.05) is 10.9 Å². The lowest BCUT2D eigenvalue weighted by molar-refractivity contribution is 0.671. The average molecular weight is 230 g/mol. The van der Waals surface area contributed by atoms with Crippen molar-refractivity contribution in [1.82, 2.24) is 20.3 Å². The third kappa shape index (κ3) is 2.36. The van der Waals surface area contributed by atoms with Gasteiger partial charge >= 0.3 is 0 Å². The Balaban J connectivity index is 2.39. The van der Waals surface area contributed by atoms with E-state index in [0.29, 0.717) is 0 Å². The van der Waals surface area contributed by atoms with Gasteiger partial charge in [0.2, 0.25) is 0 Å². The van der Waals surface area contributed by atoms with Crippen LogP contribution in [0.2, 0.25) is 0 Å². The lowest BCUT2D eigenvalue weighted by Crippen LogP contribution is -2.15. The van der Waals surface area contributed by atoms with E-state index in [-0.39, 0.29) is 0 Å². The number of nitrogens with one attached hydrogen (secondary N) is 1. The summed E-state index contributed by atoms with van der Waals surface area (Å²) in [4.78, 5) is 0. The van der Waals surface area contributed by atoms with Gasteiger partial charge in [-0.2, -0.15) is 0 Å². The van der Waals surface area contributed by atoms with E-state index < -0.39 is 0 Å². The molecule has 4 nitrogen and oxygen atoms in total. The van der Waals surface area contributed by atoms with E-state index in [2.05, 4.69) is 54.6 Å². The van der Waals surface area contributed by atoms with Crippen LogP contribution in [0, 0.1) is 13.8 Å². The highest BCUT2D eigenvalue weighted by atomic mass is 15.4. The molecule has 90 valence electrons. The van der Waals surface area contributed by atoms with E-state index in [0.717, 1.165) is 24.5 Å². The molecule has 0 saturated carbocycles. The fraction of sp³-hybridized carbons (Fsp3) is 0.385. The maximum atomic E-state index is 4.17. The number of rotatable bonds is 4. The van der Waals surface area contributed by atoms with Crippen molar-refractivity contribution in [3.63, 3.8) is 0 Å². The van der Waals surface area contributed by atoms with Crippen LogP contribution >= 0.6 is 0 Å². The van der Waals surface area contributed by atoms with Gasteiger partial charge < -0.3 is 5.32 Å². The van der Waals surface area contributed by atoms with Crippen molar-refractivity contribution in [2.75, 3.05) is 6.54 Å². The van der Waals surface area contributed by atoms with Crippen molar-refractivity contribution in [2.24, 2.45) is 0 Å². The molecule has 0 saturated heterocycles. The summed E-state index contributed by atoms with van der Waals surface area (Å²) < 4.78 is 1.91. The molecule has 2 rings (SSSR count). The minimum absolute atomic E-state index is 0.789. The third-order valence-electron chi connectivity index (χ3n) is 2.98. The number of benzene rings is 1. The summed E-state index contributed by atoms with van der Waals surface area (Å²) in [6.45, 7) is 8.05. The van der Waals surface area contributed by atoms with Crippen LogP contribution in [-0.4, -0.2) is 21.5 Å². The molecule has 2 aromatic rings. The lowest BCUT2D eigenvalue weighted by Gasteiger charge is -2.11. The monoisotopic (exact) mass is 230 g/mol. The molecule has 1 aromatic heterocycles. The molecule has 17 heavy (non-hydrogen) atoms. The summed E-state index contributed by atoms with van der Waals surface area (Å²) in [5.41, 5.74) is 4.71. The minimum Gasteiger partial charge on any atom is -0.311 e. The van der Waals surface area contributed by atoms with Crippen LogP contribution in [-0.2, 0) is 6.54 Å². The topological polar surface area (TPSA) is 42.7 Å². The summed E-state index contributed by atoms with van der Waals surface area (Å²) in [7, 11) is 0. The van der Waals surface area contributed by atoms with Gasteiger partial charge in [-0.15, -0.1) is 5.10 Å². The zero-order chi connectivity index (χ0) is 12.3. The zero-order valence-electron chi connectivity index (χ0n) is 10.6. The second-order valence-electron chi connectivity index (χ2n) is 4.14. The first kappa shape index (κ1) is 11.8. The largest absolute Gasteiger partial charge is 0.311 e. The van der Waals surface area contributed by atoms with Gasteiger partial charge in [0, 0.05) is 6.54 Å². The van der Waals surface area contributed by atoms with Gasteiger partial charge in [0.05, 0.1) is 17.6 Å². The number of hydrogen-bond donors (Lipinski definition) is 1. The van der Waals surface area contributed by atoms with Gasteiger partial charge in [-0.25, -0.2) is 4.68 Å². The van der Waals surface area contributed by atoms with Gasteiger partial charge in [0.25, 0.3) is 0 Å². The number of hydrogen-bond acceptors (Lipinski definition) is 3. The molecule has 0 aliphatic heterocycles. The molecule has 0 fully saturated rings. The highest BCUT2D eigenvalue weighted by molar-refractivity contribution is 5.44. The van der Waals surface area contributed by atoms with Crippen molar-refractivity contribution < 1.29 is 0 Å². The highest BCUT2D eigenvalue weighted by Gasteiger charge is 2.08. The molecule has 0 unspecified atom stereocenters. The molecule has 0 radical (unpaired) electrons. The molecule has 0 atom stereocenters. The van der Waals surface area contributed by atoms with E-state index in [4.69, 9.17) is 0 Å². The van der Waals surface area contributed by atoms with E-state index in [1.54, 1.807) is 0 Å². The summed E-state index contributed by atoms with van der Waals surface area (Å²) >= 11 is 0. The highest BCUT2D eigenvalue weighted by Crippen LogP contribution is 2.17. The van der Waals surface area contributed by atoms with Gasteiger partial charge in [0.1, 0.15) is 0 Å². The Morgan fingerprint density at radius 2 is 2.12 bits per heavy atom. The van der Waals surface area contributed by atoms with Crippen LogP contribution < -0.4 is 5.32 Å². The summed E-state index contributed by atoms with van der Waals surface area (Å²) in [5.74, 6) is 0. The molecule has 1 heterocycles. The van der Waals surface area contributed by atoms with Crippen molar-refractivity contribution in [2.45, 2.75) is 27.3 Å².